The average molecular weight is 238 g/mol. The summed E-state index contributed by atoms with van der Waals surface area (Å²) in [6, 6.07) is -0.0221. The van der Waals surface area contributed by atoms with Crippen LogP contribution in [-0.4, -0.2) is 34.2 Å². The molecule has 86 valence electrons. The third-order valence-corrected chi connectivity index (χ3v) is 4.19. The van der Waals surface area contributed by atoms with Crippen LogP contribution in [0.15, 0.2) is 5.51 Å². The zero-order valence-electron chi connectivity index (χ0n) is 8.93. The minimum Gasteiger partial charge on any atom is -0.324 e. The van der Waals surface area contributed by atoms with Gasteiger partial charge >= 0.3 is 6.03 Å². The molecular formula is C10H14N4OS. The first-order valence-corrected chi connectivity index (χ1v) is 6.53. The van der Waals surface area contributed by atoms with Crippen molar-refractivity contribution in [3.8, 4) is 0 Å². The van der Waals surface area contributed by atoms with E-state index in [0.717, 1.165) is 24.9 Å². The molecule has 1 saturated heterocycles. The highest BCUT2D eigenvalue weighted by Crippen LogP contribution is 2.37. The molecule has 1 aliphatic heterocycles. The molecule has 1 aromatic heterocycles. The Morgan fingerprint density at radius 1 is 1.44 bits per heavy atom. The number of urea groups is 1. The van der Waals surface area contributed by atoms with Crippen LogP contribution in [0.5, 0.6) is 0 Å². The maximum atomic E-state index is 11.9. The van der Waals surface area contributed by atoms with E-state index in [-0.39, 0.29) is 6.03 Å². The monoisotopic (exact) mass is 238 g/mol. The number of nitrogens with one attached hydrogen (secondary N) is 1. The minimum absolute atomic E-state index is 0.0221. The molecule has 16 heavy (non-hydrogen) atoms. The van der Waals surface area contributed by atoms with Gasteiger partial charge in [-0.05, 0) is 24.7 Å². The van der Waals surface area contributed by atoms with Gasteiger partial charge in [0.05, 0.1) is 0 Å². The predicted octanol–water partition coefficient (Wildman–Crippen LogP) is 1.80. The summed E-state index contributed by atoms with van der Waals surface area (Å²) in [5, 5.41) is 10.9. The first-order chi connectivity index (χ1) is 7.83. The number of aromatic nitrogens is 2. The fourth-order valence-electron chi connectivity index (χ4n) is 2.80. The molecule has 0 aromatic carbocycles. The van der Waals surface area contributed by atoms with Crippen LogP contribution in [-0.2, 0) is 0 Å². The molecule has 2 fully saturated rings. The van der Waals surface area contributed by atoms with Gasteiger partial charge in [-0.15, -0.1) is 10.2 Å². The van der Waals surface area contributed by atoms with Crippen molar-refractivity contribution in [1.29, 1.82) is 0 Å². The van der Waals surface area contributed by atoms with Gasteiger partial charge in [-0.25, -0.2) is 4.79 Å². The molecule has 0 bridgehead atoms. The highest BCUT2D eigenvalue weighted by molar-refractivity contribution is 7.13. The van der Waals surface area contributed by atoms with E-state index in [1.54, 1.807) is 5.51 Å². The fourth-order valence-corrected chi connectivity index (χ4v) is 3.23. The lowest BCUT2D eigenvalue weighted by molar-refractivity contribution is 0.219. The Labute approximate surface area is 97.9 Å². The van der Waals surface area contributed by atoms with Crippen molar-refractivity contribution in [3.63, 3.8) is 0 Å². The van der Waals surface area contributed by atoms with Crippen molar-refractivity contribution in [1.82, 2.24) is 15.1 Å². The zero-order valence-corrected chi connectivity index (χ0v) is 9.74. The van der Waals surface area contributed by atoms with Crippen molar-refractivity contribution in [2.24, 2.45) is 11.8 Å². The molecule has 3 rings (SSSR count). The van der Waals surface area contributed by atoms with E-state index >= 15 is 0 Å². The Morgan fingerprint density at radius 2 is 2.19 bits per heavy atom. The summed E-state index contributed by atoms with van der Waals surface area (Å²) in [4.78, 5) is 13.8. The lowest BCUT2D eigenvalue weighted by Crippen LogP contribution is -2.33. The summed E-state index contributed by atoms with van der Waals surface area (Å²) >= 11 is 1.35. The number of amides is 2. The molecule has 6 heteroatoms. The second kappa shape index (κ2) is 4.01. The molecule has 2 atom stereocenters. The Morgan fingerprint density at radius 3 is 2.81 bits per heavy atom. The molecule has 1 N–H and O–H groups in total. The van der Waals surface area contributed by atoms with Crippen LogP contribution in [0, 0.1) is 11.8 Å². The van der Waals surface area contributed by atoms with Crippen LogP contribution in [0.4, 0.5) is 9.93 Å². The van der Waals surface area contributed by atoms with E-state index in [9.17, 15) is 4.79 Å². The molecule has 1 saturated carbocycles. The van der Waals surface area contributed by atoms with E-state index in [2.05, 4.69) is 15.5 Å². The number of likely N-dealkylation sites (tertiary alicyclic amines) is 1. The largest absolute Gasteiger partial charge is 0.324 e. The molecule has 5 nitrogen and oxygen atoms in total. The molecule has 0 radical (unpaired) electrons. The van der Waals surface area contributed by atoms with Crippen LogP contribution in [0.2, 0.25) is 0 Å². The summed E-state index contributed by atoms with van der Waals surface area (Å²) in [7, 11) is 0. The molecule has 1 aliphatic carbocycles. The van der Waals surface area contributed by atoms with Crippen molar-refractivity contribution < 1.29 is 4.79 Å². The van der Waals surface area contributed by atoms with E-state index in [0.29, 0.717) is 5.13 Å². The highest BCUT2D eigenvalue weighted by atomic mass is 32.1. The number of anilines is 1. The molecule has 2 aliphatic rings. The normalized spacial score (nSPS) is 28.1. The van der Waals surface area contributed by atoms with Crippen LogP contribution in [0.3, 0.4) is 0 Å². The van der Waals surface area contributed by atoms with Gasteiger partial charge in [-0.1, -0.05) is 17.8 Å². The molecule has 1 aromatic rings. The van der Waals surface area contributed by atoms with Crippen molar-refractivity contribution in [3.05, 3.63) is 5.51 Å². The predicted molar refractivity (Wildman–Crippen MR) is 61.3 cm³/mol. The molecular weight excluding hydrogens is 224 g/mol. The van der Waals surface area contributed by atoms with E-state index in [1.807, 2.05) is 4.90 Å². The summed E-state index contributed by atoms with van der Waals surface area (Å²) < 4.78 is 0. The van der Waals surface area contributed by atoms with Crippen molar-refractivity contribution in [2.75, 3.05) is 18.4 Å². The SMILES string of the molecule is O=C(Nc1nncs1)N1CC2CCC[C@H]2C1. The quantitative estimate of drug-likeness (QED) is 0.811. The minimum atomic E-state index is -0.0221. The van der Waals surface area contributed by atoms with Gasteiger partial charge < -0.3 is 4.90 Å². The summed E-state index contributed by atoms with van der Waals surface area (Å²) in [5.74, 6) is 1.47. The standard InChI is InChI=1S/C10H14N4OS/c15-10(12-9-13-11-6-16-9)14-4-7-2-1-3-8(7)5-14/h6-8H,1-5H2,(H,12,13,15)/t7-,8?/m0/s1. The number of carbonyl (C=O) groups excluding carboxylic acids is 1. The number of nitrogens with zero attached hydrogens (tertiary/aromatic N) is 3. The number of carbonyl (C=O) groups is 1. The molecule has 0 spiro atoms. The Hall–Kier alpha value is -1.17. The maximum Gasteiger partial charge on any atom is 0.323 e. The Balaban J connectivity index is 1.60. The first kappa shape index (κ1) is 10.0. The second-order valence-electron chi connectivity index (χ2n) is 4.53. The van der Waals surface area contributed by atoms with Crippen molar-refractivity contribution in [2.45, 2.75) is 19.3 Å². The summed E-state index contributed by atoms with van der Waals surface area (Å²) in [5.41, 5.74) is 1.62. The van der Waals surface area contributed by atoms with Crippen LogP contribution in [0.1, 0.15) is 19.3 Å². The topological polar surface area (TPSA) is 58.1 Å². The lowest BCUT2D eigenvalue weighted by Gasteiger charge is -2.16. The van der Waals surface area contributed by atoms with E-state index < -0.39 is 0 Å². The highest BCUT2D eigenvalue weighted by Gasteiger charge is 2.38. The van der Waals surface area contributed by atoms with Gasteiger partial charge in [0.1, 0.15) is 5.51 Å². The molecule has 1 unspecified atom stereocenters. The first-order valence-electron chi connectivity index (χ1n) is 5.65. The lowest BCUT2D eigenvalue weighted by atomic mass is 10.0. The summed E-state index contributed by atoms with van der Waals surface area (Å²) in [6.07, 6.45) is 3.90. The zero-order chi connectivity index (χ0) is 11.0. The van der Waals surface area contributed by atoms with Gasteiger partial charge in [0, 0.05) is 13.1 Å². The van der Waals surface area contributed by atoms with Gasteiger partial charge in [0.25, 0.3) is 0 Å². The number of hydrogen-bond acceptors (Lipinski definition) is 4. The molecule has 2 heterocycles. The van der Waals surface area contributed by atoms with E-state index in [1.165, 1.54) is 30.6 Å². The second-order valence-corrected chi connectivity index (χ2v) is 5.36. The maximum absolute atomic E-state index is 11.9. The summed E-state index contributed by atoms with van der Waals surface area (Å²) in [6.45, 7) is 1.82. The fraction of sp³-hybridized carbons (Fsp3) is 0.700. The van der Waals surface area contributed by atoms with Gasteiger partial charge in [0.2, 0.25) is 5.13 Å². The average Bonchev–Trinajstić information content (AvgIpc) is 2.91. The number of rotatable bonds is 1. The van der Waals surface area contributed by atoms with E-state index in [4.69, 9.17) is 0 Å². The van der Waals surface area contributed by atoms with Crippen LogP contribution >= 0.6 is 11.3 Å². The Bertz CT molecular complexity index is 368. The third-order valence-electron chi connectivity index (χ3n) is 3.59. The Kier molecular flexibility index (Phi) is 2.51. The number of fused-ring (bicyclic) bond motifs is 1. The number of hydrogen-bond donors (Lipinski definition) is 1. The van der Waals surface area contributed by atoms with Crippen molar-refractivity contribution >= 4 is 22.5 Å². The smallest absolute Gasteiger partial charge is 0.323 e. The third kappa shape index (κ3) is 1.77. The van der Waals surface area contributed by atoms with Gasteiger partial charge in [-0.2, -0.15) is 0 Å². The van der Waals surface area contributed by atoms with Crippen LogP contribution in [0.25, 0.3) is 0 Å². The van der Waals surface area contributed by atoms with Gasteiger partial charge in [-0.3, -0.25) is 5.32 Å². The van der Waals surface area contributed by atoms with Crippen LogP contribution < -0.4 is 5.32 Å². The van der Waals surface area contributed by atoms with Gasteiger partial charge in [0.15, 0.2) is 0 Å². The molecule has 2 amide bonds.